The molecule has 0 aromatic rings. The monoisotopic (exact) mass is 350 g/mol. The molecule has 0 spiro atoms. The van der Waals surface area contributed by atoms with E-state index in [1.807, 2.05) is 6.92 Å². The van der Waals surface area contributed by atoms with Crippen molar-refractivity contribution in [1.29, 1.82) is 0 Å². The standard InChI is InChI=1S/C17H26N4O4/c1-2-21(17(25)12-19-8-4-6-15(19)23)13-9-20(10-13)16(24)11-18-7-3-5-14(18)22/h13H,2-12H2,1H3. The fourth-order valence-electron chi connectivity index (χ4n) is 3.75. The van der Waals surface area contributed by atoms with Gasteiger partial charge in [-0.25, -0.2) is 0 Å². The molecule has 3 saturated heterocycles. The molecule has 8 nitrogen and oxygen atoms in total. The molecule has 3 aliphatic heterocycles. The van der Waals surface area contributed by atoms with Gasteiger partial charge in [0.1, 0.15) is 0 Å². The van der Waals surface area contributed by atoms with Gasteiger partial charge in [0.25, 0.3) is 0 Å². The number of hydrogen-bond donors (Lipinski definition) is 0. The zero-order chi connectivity index (χ0) is 18.0. The molecule has 3 rings (SSSR count). The highest BCUT2D eigenvalue weighted by atomic mass is 16.2. The van der Waals surface area contributed by atoms with Gasteiger partial charge in [0, 0.05) is 45.6 Å². The predicted octanol–water partition coefficient (Wildman–Crippen LogP) is -0.709. The summed E-state index contributed by atoms with van der Waals surface area (Å²) >= 11 is 0. The minimum Gasteiger partial charge on any atom is -0.337 e. The minimum atomic E-state index is -0.0513. The van der Waals surface area contributed by atoms with Crippen LogP contribution in [0.3, 0.4) is 0 Å². The predicted molar refractivity (Wildman–Crippen MR) is 89.4 cm³/mol. The van der Waals surface area contributed by atoms with Gasteiger partial charge in [-0.2, -0.15) is 0 Å². The van der Waals surface area contributed by atoms with Crippen LogP contribution in [-0.2, 0) is 19.2 Å². The average Bonchev–Trinajstić information content (AvgIpc) is 3.11. The normalized spacial score (nSPS) is 21.1. The maximum absolute atomic E-state index is 12.5. The van der Waals surface area contributed by atoms with Crippen molar-refractivity contribution in [2.24, 2.45) is 0 Å². The van der Waals surface area contributed by atoms with Crippen LogP contribution in [-0.4, -0.2) is 95.1 Å². The number of hydrogen-bond acceptors (Lipinski definition) is 4. The van der Waals surface area contributed by atoms with Crippen LogP contribution >= 0.6 is 0 Å². The number of likely N-dealkylation sites (N-methyl/N-ethyl adjacent to an activating group) is 1. The molecule has 138 valence electrons. The summed E-state index contributed by atoms with van der Waals surface area (Å²) in [7, 11) is 0. The van der Waals surface area contributed by atoms with E-state index in [1.54, 1.807) is 19.6 Å². The van der Waals surface area contributed by atoms with Crippen LogP contribution in [0.1, 0.15) is 32.6 Å². The molecule has 0 aromatic carbocycles. The molecule has 0 aromatic heterocycles. The Morgan fingerprint density at radius 2 is 1.56 bits per heavy atom. The number of likely N-dealkylation sites (tertiary alicyclic amines) is 3. The molecule has 4 amide bonds. The molecule has 0 saturated carbocycles. The third-order valence-electron chi connectivity index (χ3n) is 5.31. The van der Waals surface area contributed by atoms with E-state index in [9.17, 15) is 19.2 Å². The van der Waals surface area contributed by atoms with Gasteiger partial charge < -0.3 is 19.6 Å². The van der Waals surface area contributed by atoms with Gasteiger partial charge in [-0.3, -0.25) is 19.2 Å². The average molecular weight is 350 g/mol. The van der Waals surface area contributed by atoms with E-state index in [0.717, 1.165) is 12.8 Å². The Morgan fingerprint density at radius 3 is 2.04 bits per heavy atom. The van der Waals surface area contributed by atoms with Crippen molar-refractivity contribution >= 4 is 23.6 Å². The Hall–Kier alpha value is -2.12. The lowest BCUT2D eigenvalue weighted by Crippen LogP contribution is -2.64. The lowest BCUT2D eigenvalue weighted by atomic mass is 10.1. The Morgan fingerprint density at radius 1 is 1.00 bits per heavy atom. The van der Waals surface area contributed by atoms with E-state index < -0.39 is 0 Å². The van der Waals surface area contributed by atoms with Crippen LogP contribution in [0, 0.1) is 0 Å². The number of amides is 4. The Balaban J connectivity index is 1.46. The summed E-state index contributed by atoms with van der Waals surface area (Å²) in [5.74, 6) is -0.00884. The van der Waals surface area contributed by atoms with Crippen molar-refractivity contribution in [3.05, 3.63) is 0 Å². The van der Waals surface area contributed by atoms with Crippen LogP contribution in [0.2, 0.25) is 0 Å². The summed E-state index contributed by atoms with van der Waals surface area (Å²) in [5.41, 5.74) is 0. The molecule has 0 unspecified atom stereocenters. The quantitative estimate of drug-likeness (QED) is 0.634. The van der Waals surface area contributed by atoms with Crippen LogP contribution in [0.4, 0.5) is 0 Å². The van der Waals surface area contributed by atoms with E-state index in [0.29, 0.717) is 45.6 Å². The number of rotatable bonds is 6. The van der Waals surface area contributed by atoms with Crippen LogP contribution < -0.4 is 0 Å². The minimum absolute atomic E-state index is 0.00781. The smallest absolute Gasteiger partial charge is 0.242 e. The second kappa shape index (κ2) is 7.41. The largest absolute Gasteiger partial charge is 0.337 e. The second-order valence-electron chi connectivity index (χ2n) is 6.97. The SMILES string of the molecule is CCN(C(=O)CN1CCCC1=O)C1CN(C(=O)CN2CCCC2=O)C1. The van der Waals surface area contributed by atoms with E-state index in [2.05, 4.69) is 0 Å². The van der Waals surface area contributed by atoms with Crippen LogP contribution in [0.25, 0.3) is 0 Å². The molecule has 3 aliphatic rings. The molecule has 8 heteroatoms. The molecule has 0 radical (unpaired) electrons. The van der Waals surface area contributed by atoms with E-state index in [1.165, 1.54) is 0 Å². The van der Waals surface area contributed by atoms with Crippen molar-refractivity contribution in [2.75, 3.05) is 45.8 Å². The summed E-state index contributed by atoms with van der Waals surface area (Å²) in [6, 6.07) is 0.00781. The first-order chi connectivity index (χ1) is 12.0. The van der Waals surface area contributed by atoms with Gasteiger partial charge >= 0.3 is 0 Å². The van der Waals surface area contributed by atoms with Crippen LogP contribution in [0.5, 0.6) is 0 Å². The number of nitrogens with zero attached hydrogens (tertiary/aromatic N) is 4. The van der Waals surface area contributed by atoms with Gasteiger partial charge in [-0.1, -0.05) is 0 Å². The third kappa shape index (κ3) is 3.77. The van der Waals surface area contributed by atoms with Crippen molar-refractivity contribution in [3.63, 3.8) is 0 Å². The van der Waals surface area contributed by atoms with Gasteiger partial charge in [-0.05, 0) is 19.8 Å². The first kappa shape index (κ1) is 17.7. The Kier molecular flexibility index (Phi) is 5.24. The first-order valence-corrected chi connectivity index (χ1v) is 9.12. The Labute approximate surface area is 147 Å². The topological polar surface area (TPSA) is 81.2 Å². The van der Waals surface area contributed by atoms with Gasteiger partial charge in [0.05, 0.1) is 19.1 Å². The van der Waals surface area contributed by atoms with Crippen molar-refractivity contribution in [1.82, 2.24) is 19.6 Å². The summed E-state index contributed by atoms with van der Waals surface area (Å²) in [6.45, 7) is 5.10. The summed E-state index contributed by atoms with van der Waals surface area (Å²) in [4.78, 5) is 54.7. The Bertz CT molecular complexity index is 573. The third-order valence-corrected chi connectivity index (χ3v) is 5.31. The lowest BCUT2D eigenvalue weighted by molar-refractivity contribution is -0.149. The molecular formula is C17H26N4O4. The lowest BCUT2D eigenvalue weighted by Gasteiger charge is -2.45. The van der Waals surface area contributed by atoms with E-state index >= 15 is 0 Å². The van der Waals surface area contributed by atoms with Crippen LogP contribution in [0.15, 0.2) is 0 Å². The van der Waals surface area contributed by atoms with Crippen molar-refractivity contribution < 1.29 is 19.2 Å². The van der Waals surface area contributed by atoms with Gasteiger partial charge in [0.15, 0.2) is 0 Å². The second-order valence-corrected chi connectivity index (χ2v) is 6.97. The maximum Gasteiger partial charge on any atom is 0.242 e. The summed E-state index contributed by atoms with van der Waals surface area (Å²) in [5, 5.41) is 0. The fourth-order valence-corrected chi connectivity index (χ4v) is 3.75. The molecular weight excluding hydrogens is 324 g/mol. The van der Waals surface area contributed by atoms with E-state index in [-0.39, 0.29) is 42.8 Å². The highest BCUT2D eigenvalue weighted by Crippen LogP contribution is 2.18. The number of carbonyl (C=O) groups is 4. The highest BCUT2D eigenvalue weighted by molar-refractivity contribution is 5.87. The molecule has 3 heterocycles. The molecule has 25 heavy (non-hydrogen) atoms. The summed E-state index contributed by atoms with van der Waals surface area (Å²) < 4.78 is 0. The molecule has 0 aliphatic carbocycles. The zero-order valence-corrected chi connectivity index (χ0v) is 14.8. The first-order valence-electron chi connectivity index (χ1n) is 9.12. The summed E-state index contributed by atoms with van der Waals surface area (Å²) in [6.07, 6.45) is 2.70. The van der Waals surface area contributed by atoms with Gasteiger partial charge in [-0.15, -0.1) is 0 Å². The molecule has 3 fully saturated rings. The van der Waals surface area contributed by atoms with Crippen molar-refractivity contribution in [2.45, 2.75) is 38.6 Å². The number of carbonyl (C=O) groups excluding carboxylic acids is 4. The van der Waals surface area contributed by atoms with Crippen molar-refractivity contribution in [3.8, 4) is 0 Å². The highest BCUT2D eigenvalue weighted by Gasteiger charge is 2.38. The molecule has 0 N–H and O–H groups in total. The molecule has 0 atom stereocenters. The molecule has 0 bridgehead atoms. The maximum atomic E-state index is 12.5. The van der Waals surface area contributed by atoms with Gasteiger partial charge in [0.2, 0.25) is 23.6 Å². The van der Waals surface area contributed by atoms with E-state index in [4.69, 9.17) is 0 Å². The fraction of sp³-hybridized carbons (Fsp3) is 0.765. The zero-order valence-electron chi connectivity index (χ0n) is 14.8.